The van der Waals surface area contributed by atoms with Crippen molar-refractivity contribution in [3.8, 4) is 0 Å². The zero-order chi connectivity index (χ0) is 14.9. The summed E-state index contributed by atoms with van der Waals surface area (Å²) in [5, 5.41) is 0. The fraction of sp³-hybridized carbons (Fsp3) is 0.333. The Morgan fingerprint density at radius 1 is 1.00 bits per heavy atom. The minimum Gasteiger partial charge on any atom is -0.330 e. The van der Waals surface area contributed by atoms with E-state index in [0.29, 0.717) is 13.0 Å². The van der Waals surface area contributed by atoms with Crippen LogP contribution < -0.4 is 5.73 Å². The Bertz CT molecular complexity index is 633. The molecule has 0 spiro atoms. The average Bonchev–Trinajstić information content (AvgIpc) is 2.51. The van der Waals surface area contributed by atoms with Crippen LogP contribution in [-0.2, 0) is 18.3 Å². The van der Waals surface area contributed by atoms with Crippen LogP contribution in [0.1, 0.15) is 29.5 Å². The van der Waals surface area contributed by atoms with Gasteiger partial charge in [-0.25, -0.2) is 8.78 Å². The van der Waals surface area contributed by atoms with Crippen molar-refractivity contribution in [1.29, 1.82) is 0 Å². The van der Waals surface area contributed by atoms with Gasteiger partial charge >= 0.3 is 0 Å². The normalized spacial score (nSPS) is 21.1. The average molecular weight is 287 g/mol. The summed E-state index contributed by atoms with van der Waals surface area (Å²) in [5.74, 6) is -0.961. The number of halogens is 2. The van der Waals surface area contributed by atoms with E-state index in [2.05, 4.69) is 12.1 Å². The number of nitrogens with two attached hydrogens (primary N) is 1. The van der Waals surface area contributed by atoms with E-state index in [1.54, 1.807) is 0 Å². The van der Waals surface area contributed by atoms with Crippen LogP contribution in [0.5, 0.6) is 0 Å². The molecule has 0 amide bonds. The summed E-state index contributed by atoms with van der Waals surface area (Å²) in [6, 6.07) is 12.2. The third-order valence-electron chi connectivity index (χ3n) is 4.66. The van der Waals surface area contributed by atoms with Crippen molar-refractivity contribution >= 4 is 0 Å². The first-order valence-electron chi connectivity index (χ1n) is 7.38. The van der Waals surface area contributed by atoms with Crippen molar-refractivity contribution in [2.24, 2.45) is 5.73 Å². The smallest absolute Gasteiger partial charge is 0.129 e. The molecule has 1 unspecified atom stereocenters. The number of fused-ring (bicyclic) bond motifs is 1. The molecule has 3 heteroatoms. The van der Waals surface area contributed by atoms with Gasteiger partial charge in [-0.3, -0.25) is 0 Å². The Morgan fingerprint density at radius 2 is 1.71 bits per heavy atom. The highest BCUT2D eigenvalue weighted by Gasteiger charge is 2.36. The minimum absolute atomic E-state index is 0.152. The largest absolute Gasteiger partial charge is 0.330 e. The van der Waals surface area contributed by atoms with Crippen molar-refractivity contribution in [1.82, 2.24) is 0 Å². The van der Waals surface area contributed by atoms with Crippen molar-refractivity contribution < 1.29 is 8.78 Å². The van der Waals surface area contributed by atoms with Gasteiger partial charge in [0.05, 0.1) is 0 Å². The van der Waals surface area contributed by atoms with E-state index in [0.717, 1.165) is 24.8 Å². The molecule has 2 N–H and O–H groups in total. The predicted octanol–water partition coefficient (Wildman–Crippen LogP) is 3.74. The first kappa shape index (κ1) is 14.2. The van der Waals surface area contributed by atoms with Gasteiger partial charge in [-0.1, -0.05) is 30.3 Å². The van der Waals surface area contributed by atoms with Gasteiger partial charge in [-0.15, -0.1) is 0 Å². The van der Waals surface area contributed by atoms with Gasteiger partial charge in [-0.2, -0.15) is 0 Å². The number of rotatable bonds is 3. The molecule has 0 radical (unpaired) electrons. The Hall–Kier alpha value is -1.74. The summed E-state index contributed by atoms with van der Waals surface area (Å²) in [6.07, 6.45) is 3.20. The summed E-state index contributed by atoms with van der Waals surface area (Å²) < 4.78 is 28.0. The first-order valence-corrected chi connectivity index (χ1v) is 7.38. The van der Waals surface area contributed by atoms with E-state index < -0.39 is 11.6 Å². The monoisotopic (exact) mass is 287 g/mol. The number of hydrogen-bond acceptors (Lipinski definition) is 1. The lowest BCUT2D eigenvalue weighted by Gasteiger charge is -2.38. The molecule has 3 rings (SSSR count). The van der Waals surface area contributed by atoms with E-state index in [-0.39, 0.29) is 11.0 Å². The lowest BCUT2D eigenvalue weighted by atomic mass is 9.67. The molecular formula is C18H19F2N. The number of aryl methyl sites for hydroxylation is 1. The standard InChI is InChI=1S/C18H19F2N/c19-16-8-3-9-17(20)14(16)11-18(12-21)10-4-6-13-5-1-2-7-15(13)18/h1-3,5,7-9H,4,6,10-12,21H2. The molecule has 0 saturated heterocycles. The van der Waals surface area contributed by atoms with Crippen LogP contribution in [0, 0.1) is 11.6 Å². The van der Waals surface area contributed by atoms with Gasteiger partial charge in [0.15, 0.2) is 0 Å². The topological polar surface area (TPSA) is 26.0 Å². The molecule has 21 heavy (non-hydrogen) atoms. The van der Waals surface area contributed by atoms with Crippen molar-refractivity contribution in [3.63, 3.8) is 0 Å². The SMILES string of the molecule is NCC1(Cc2c(F)cccc2F)CCCc2ccccc21. The van der Waals surface area contributed by atoms with Crippen LogP contribution in [0.3, 0.4) is 0 Å². The van der Waals surface area contributed by atoms with Gasteiger partial charge < -0.3 is 5.73 Å². The Labute approximate surface area is 123 Å². The van der Waals surface area contributed by atoms with Crippen molar-refractivity contribution in [2.75, 3.05) is 6.54 Å². The highest BCUT2D eigenvalue weighted by molar-refractivity contribution is 5.39. The molecule has 0 fully saturated rings. The fourth-order valence-corrected chi connectivity index (χ4v) is 3.51. The molecule has 0 saturated carbocycles. The second-order valence-electron chi connectivity index (χ2n) is 5.87. The second-order valence-corrected chi connectivity index (χ2v) is 5.87. The molecule has 1 aliphatic rings. The van der Waals surface area contributed by atoms with Crippen LogP contribution in [-0.4, -0.2) is 6.54 Å². The molecule has 0 aromatic heterocycles. The van der Waals surface area contributed by atoms with E-state index >= 15 is 0 Å². The van der Waals surface area contributed by atoms with Gasteiger partial charge in [0, 0.05) is 17.5 Å². The van der Waals surface area contributed by atoms with Crippen LogP contribution in [0.15, 0.2) is 42.5 Å². The zero-order valence-electron chi connectivity index (χ0n) is 11.9. The third kappa shape index (κ3) is 2.46. The summed E-state index contributed by atoms with van der Waals surface area (Å²) in [7, 11) is 0. The lowest BCUT2D eigenvalue weighted by Crippen LogP contribution is -2.41. The van der Waals surface area contributed by atoms with Crippen LogP contribution in [0.4, 0.5) is 8.78 Å². The van der Waals surface area contributed by atoms with Gasteiger partial charge in [0.2, 0.25) is 0 Å². The molecule has 110 valence electrons. The molecule has 0 aliphatic heterocycles. The van der Waals surface area contributed by atoms with E-state index in [9.17, 15) is 8.78 Å². The summed E-state index contributed by atoms with van der Waals surface area (Å²) in [4.78, 5) is 0. The molecule has 0 bridgehead atoms. The quantitative estimate of drug-likeness (QED) is 0.914. The van der Waals surface area contributed by atoms with E-state index in [4.69, 9.17) is 5.73 Å². The van der Waals surface area contributed by atoms with Gasteiger partial charge in [-0.05, 0) is 48.9 Å². The first-order chi connectivity index (χ1) is 10.2. The molecule has 1 nitrogen and oxygen atoms in total. The zero-order valence-corrected chi connectivity index (χ0v) is 11.9. The highest BCUT2D eigenvalue weighted by atomic mass is 19.1. The van der Waals surface area contributed by atoms with Crippen LogP contribution in [0.25, 0.3) is 0 Å². The van der Waals surface area contributed by atoms with Crippen LogP contribution in [0.2, 0.25) is 0 Å². The van der Waals surface area contributed by atoms with Crippen molar-refractivity contribution in [2.45, 2.75) is 31.1 Å². The summed E-state index contributed by atoms with van der Waals surface area (Å²) in [5.41, 5.74) is 8.25. The molecular weight excluding hydrogens is 268 g/mol. The minimum atomic E-state index is -0.481. The molecule has 2 aromatic rings. The number of benzene rings is 2. The Kier molecular flexibility index (Phi) is 3.77. The fourth-order valence-electron chi connectivity index (χ4n) is 3.51. The third-order valence-corrected chi connectivity index (χ3v) is 4.66. The maximum Gasteiger partial charge on any atom is 0.129 e. The second kappa shape index (κ2) is 5.57. The van der Waals surface area contributed by atoms with Crippen LogP contribution >= 0.6 is 0 Å². The van der Waals surface area contributed by atoms with Gasteiger partial charge in [0.25, 0.3) is 0 Å². The summed E-state index contributed by atoms with van der Waals surface area (Å²) in [6.45, 7) is 0.401. The predicted molar refractivity (Wildman–Crippen MR) is 80.2 cm³/mol. The Balaban J connectivity index is 2.07. The number of hydrogen-bond donors (Lipinski definition) is 1. The maximum absolute atomic E-state index is 14.0. The maximum atomic E-state index is 14.0. The lowest BCUT2D eigenvalue weighted by molar-refractivity contribution is 0.354. The summed E-state index contributed by atoms with van der Waals surface area (Å²) >= 11 is 0. The molecule has 1 aliphatic carbocycles. The molecule has 0 heterocycles. The van der Waals surface area contributed by atoms with E-state index in [1.165, 1.54) is 23.8 Å². The van der Waals surface area contributed by atoms with Gasteiger partial charge in [0.1, 0.15) is 11.6 Å². The Morgan fingerprint density at radius 3 is 2.43 bits per heavy atom. The molecule has 2 aromatic carbocycles. The van der Waals surface area contributed by atoms with E-state index in [1.807, 2.05) is 12.1 Å². The molecule has 1 atom stereocenters. The highest BCUT2D eigenvalue weighted by Crippen LogP contribution is 2.40. The van der Waals surface area contributed by atoms with Crippen molar-refractivity contribution in [3.05, 3.63) is 70.8 Å².